The molecule has 0 bridgehead atoms. The number of hydrogen-bond acceptors (Lipinski definition) is 4. The van der Waals surface area contributed by atoms with Gasteiger partial charge >= 0.3 is 5.97 Å². The first-order valence-corrected chi connectivity index (χ1v) is 6.93. The molecule has 0 radical (unpaired) electrons. The van der Waals surface area contributed by atoms with E-state index in [1.54, 1.807) is 30.3 Å². The highest BCUT2D eigenvalue weighted by atomic mass is 16.5. The third-order valence-corrected chi connectivity index (χ3v) is 3.66. The van der Waals surface area contributed by atoms with Crippen molar-refractivity contribution in [3.8, 4) is 17.6 Å². The number of hydrogen-bond donors (Lipinski definition) is 1. The van der Waals surface area contributed by atoms with E-state index in [1.165, 1.54) is 13.2 Å². The fourth-order valence-electron chi connectivity index (χ4n) is 2.56. The molecule has 1 N–H and O–H groups in total. The average Bonchev–Trinajstić information content (AvgIpc) is 2.60. The molecule has 0 saturated heterocycles. The number of nitrogens with zero attached hydrogens (tertiary/aromatic N) is 1. The van der Waals surface area contributed by atoms with Crippen molar-refractivity contribution < 1.29 is 19.4 Å². The van der Waals surface area contributed by atoms with Gasteiger partial charge in [-0.2, -0.15) is 5.26 Å². The van der Waals surface area contributed by atoms with Crippen molar-refractivity contribution in [3.63, 3.8) is 0 Å². The van der Waals surface area contributed by atoms with Crippen LogP contribution in [-0.4, -0.2) is 24.8 Å². The van der Waals surface area contributed by atoms with Crippen LogP contribution in [0.5, 0.6) is 11.5 Å². The summed E-state index contributed by atoms with van der Waals surface area (Å²) in [6, 6.07) is 12.0. The van der Waals surface area contributed by atoms with Crippen LogP contribution in [0.1, 0.15) is 27.0 Å². The van der Waals surface area contributed by atoms with Crippen LogP contribution in [0.4, 0.5) is 0 Å². The molecule has 0 unspecified atom stereocenters. The zero-order chi connectivity index (χ0) is 16.4. The summed E-state index contributed by atoms with van der Waals surface area (Å²) >= 11 is 0. The van der Waals surface area contributed by atoms with E-state index in [9.17, 15) is 9.90 Å². The molecule has 0 saturated carbocycles. The molecule has 1 aliphatic heterocycles. The summed E-state index contributed by atoms with van der Waals surface area (Å²) in [7, 11) is 1.54. The van der Waals surface area contributed by atoms with Crippen LogP contribution in [-0.2, 0) is 0 Å². The summed E-state index contributed by atoms with van der Waals surface area (Å²) in [4.78, 5) is 11.2. The molecule has 0 fully saturated rings. The molecule has 1 heterocycles. The monoisotopic (exact) mass is 307 g/mol. The van der Waals surface area contributed by atoms with Crippen LogP contribution >= 0.6 is 0 Å². The lowest BCUT2D eigenvalue weighted by Crippen LogP contribution is -2.08. The topological polar surface area (TPSA) is 79.5 Å². The number of nitriles is 1. The number of carboxylic acid groups (broad SMARTS) is 1. The van der Waals surface area contributed by atoms with Gasteiger partial charge in [-0.15, -0.1) is 0 Å². The molecule has 0 aromatic heterocycles. The Morgan fingerprint density at radius 2 is 2.09 bits per heavy atom. The van der Waals surface area contributed by atoms with Crippen LogP contribution in [0.3, 0.4) is 0 Å². The van der Waals surface area contributed by atoms with Gasteiger partial charge in [-0.25, -0.2) is 4.79 Å². The summed E-state index contributed by atoms with van der Waals surface area (Å²) in [6.07, 6.45) is 1.87. The van der Waals surface area contributed by atoms with Gasteiger partial charge < -0.3 is 14.6 Å². The van der Waals surface area contributed by atoms with Crippen molar-refractivity contribution in [1.29, 1.82) is 5.26 Å². The third-order valence-electron chi connectivity index (χ3n) is 3.66. The quantitative estimate of drug-likeness (QED) is 0.942. The average molecular weight is 307 g/mol. The van der Waals surface area contributed by atoms with Crippen LogP contribution in [0.25, 0.3) is 5.57 Å². The van der Waals surface area contributed by atoms with E-state index in [2.05, 4.69) is 6.07 Å². The molecule has 0 spiro atoms. The summed E-state index contributed by atoms with van der Waals surface area (Å²) in [5, 5.41) is 18.2. The maximum atomic E-state index is 11.2. The first-order chi connectivity index (χ1) is 11.1. The van der Waals surface area contributed by atoms with Crippen molar-refractivity contribution >= 4 is 11.5 Å². The highest BCUT2D eigenvalue weighted by molar-refractivity contribution is 5.93. The van der Waals surface area contributed by atoms with Crippen molar-refractivity contribution in [2.45, 2.75) is 0 Å². The maximum Gasteiger partial charge on any atom is 0.335 e. The fraction of sp³-hybridized carbons (Fsp3) is 0.111. The minimum Gasteiger partial charge on any atom is -0.496 e. The minimum atomic E-state index is -0.996. The maximum absolute atomic E-state index is 11.2. The summed E-state index contributed by atoms with van der Waals surface area (Å²) in [5.41, 5.74) is 3.00. The largest absolute Gasteiger partial charge is 0.496 e. The molecule has 114 valence electrons. The van der Waals surface area contributed by atoms with Crippen molar-refractivity contribution in [2.75, 3.05) is 13.7 Å². The van der Waals surface area contributed by atoms with E-state index in [4.69, 9.17) is 14.7 Å². The van der Waals surface area contributed by atoms with Gasteiger partial charge in [-0.1, -0.05) is 0 Å². The SMILES string of the molecule is COc1cc(C#N)ccc1C1=CCOc2ccc(C(=O)O)cc21. The van der Waals surface area contributed by atoms with E-state index in [0.717, 1.165) is 11.1 Å². The Morgan fingerprint density at radius 3 is 2.78 bits per heavy atom. The van der Waals surface area contributed by atoms with Crippen LogP contribution in [0.15, 0.2) is 42.5 Å². The van der Waals surface area contributed by atoms with E-state index >= 15 is 0 Å². The van der Waals surface area contributed by atoms with Crippen LogP contribution in [0, 0.1) is 11.3 Å². The lowest BCUT2D eigenvalue weighted by atomic mass is 9.92. The Balaban J connectivity index is 2.16. The molecule has 5 heteroatoms. The Morgan fingerprint density at radius 1 is 1.26 bits per heavy atom. The Kier molecular flexibility index (Phi) is 3.73. The second-order valence-corrected chi connectivity index (χ2v) is 4.97. The lowest BCUT2D eigenvalue weighted by Gasteiger charge is -2.21. The number of carbonyl (C=O) groups is 1. The predicted octanol–water partition coefficient (Wildman–Crippen LogP) is 3.09. The zero-order valence-corrected chi connectivity index (χ0v) is 12.4. The van der Waals surface area contributed by atoms with Crippen molar-refractivity contribution in [3.05, 3.63) is 64.7 Å². The Hall–Kier alpha value is -3.26. The Labute approximate surface area is 133 Å². The predicted molar refractivity (Wildman–Crippen MR) is 83.7 cm³/mol. The van der Waals surface area contributed by atoms with Gasteiger partial charge in [0.25, 0.3) is 0 Å². The molecule has 2 aromatic carbocycles. The summed E-state index contributed by atoms with van der Waals surface area (Å²) < 4.78 is 11.0. The highest BCUT2D eigenvalue weighted by Gasteiger charge is 2.20. The van der Waals surface area contributed by atoms with Gasteiger partial charge in [-0.05, 0) is 48.0 Å². The first-order valence-electron chi connectivity index (χ1n) is 6.93. The second-order valence-electron chi connectivity index (χ2n) is 4.97. The number of ether oxygens (including phenoxy) is 2. The third kappa shape index (κ3) is 2.62. The van der Waals surface area contributed by atoms with Gasteiger partial charge in [0.15, 0.2) is 0 Å². The number of carboxylic acids is 1. The molecular formula is C18H13NO4. The normalized spacial score (nSPS) is 12.4. The highest BCUT2D eigenvalue weighted by Crippen LogP contribution is 2.38. The lowest BCUT2D eigenvalue weighted by molar-refractivity contribution is 0.0697. The molecule has 2 aromatic rings. The second kappa shape index (κ2) is 5.85. The van der Waals surface area contributed by atoms with E-state index in [-0.39, 0.29) is 5.56 Å². The first kappa shape index (κ1) is 14.7. The Bertz CT molecular complexity index is 862. The van der Waals surface area contributed by atoms with Gasteiger partial charge in [0.1, 0.15) is 18.1 Å². The molecular weight excluding hydrogens is 294 g/mol. The molecule has 3 rings (SSSR count). The summed E-state index contributed by atoms with van der Waals surface area (Å²) in [6.45, 7) is 0.387. The molecule has 5 nitrogen and oxygen atoms in total. The number of benzene rings is 2. The minimum absolute atomic E-state index is 0.188. The van der Waals surface area contributed by atoms with Gasteiger partial charge in [0.05, 0.1) is 24.3 Å². The van der Waals surface area contributed by atoms with Gasteiger partial charge in [0, 0.05) is 11.1 Å². The van der Waals surface area contributed by atoms with E-state index < -0.39 is 5.97 Å². The molecule has 0 atom stereocenters. The zero-order valence-electron chi connectivity index (χ0n) is 12.4. The van der Waals surface area contributed by atoms with Crippen LogP contribution in [0.2, 0.25) is 0 Å². The summed E-state index contributed by atoms with van der Waals surface area (Å²) in [5.74, 6) is 0.187. The van der Waals surface area contributed by atoms with Crippen molar-refractivity contribution in [1.82, 2.24) is 0 Å². The smallest absolute Gasteiger partial charge is 0.335 e. The number of methoxy groups -OCH3 is 1. The molecule has 1 aliphatic rings. The van der Waals surface area contributed by atoms with Crippen molar-refractivity contribution in [2.24, 2.45) is 0 Å². The standard InChI is InChI=1S/C18H13NO4/c1-22-17-8-11(10-19)2-4-14(17)13-6-7-23-16-5-3-12(18(20)21)9-15(13)16/h2-6,8-9H,7H2,1H3,(H,20,21). The van der Waals surface area contributed by atoms with Crippen LogP contribution < -0.4 is 9.47 Å². The van der Waals surface area contributed by atoms with E-state index in [0.29, 0.717) is 29.2 Å². The molecule has 23 heavy (non-hydrogen) atoms. The fourth-order valence-corrected chi connectivity index (χ4v) is 2.56. The van der Waals surface area contributed by atoms with E-state index in [1.807, 2.05) is 6.08 Å². The number of fused-ring (bicyclic) bond motifs is 1. The molecule has 0 amide bonds. The molecule has 0 aliphatic carbocycles. The van der Waals surface area contributed by atoms with Gasteiger partial charge in [-0.3, -0.25) is 0 Å². The van der Waals surface area contributed by atoms with Gasteiger partial charge in [0.2, 0.25) is 0 Å². The number of aromatic carboxylic acids is 1. The number of rotatable bonds is 3.